The highest BCUT2D eigenvalue weighted by atomic mass is 32.2. The Morgan fingerprint density at radius 2 is 2.38 bits per heavy atom. The van der Waals surface area contributed by atoms with Crippen LogP contribution in [0.15, 0.2) is 18.3 Å². The fourth-order valence-corrected chi connectivity index (χ4v) is 4.00. The van der Waals surface area contributed by atoms with E-state index in [1.807, 2.05) is 24.0 Å². The van der Waals surface area contributed by atoms with Crippen molar-refractivity contribution < 1.29 is 4.79 Å². The van der Waals surface area contributed by atoms with Gasteiger partial charge in [0, 0.05) is 6.20 Å². The number of aromatic nitrogens is 1. The van der Waals surface area contributed by atoms with E-state index in [2.05, 4.69) is 11.1 Å². The number of ketones is 1. The lowest BCUT2D eigenvalue weighted by Gasteiger charge is -2.13. The van der Waals surface area contributed by atoms with Crippen molar-refractivity contribution in [2.24, 2.45) is 0 Å². The first-order valence-corrected chi connectivity index (χ1v) is 7.00. The van der Waals surface area contributed by atoms with E-state index in [0.29, 0.717) is 5.78 Å². The number of pyridine rings is 1. The monoisotopic (exact) mass is 233 g/mol. The van der Waals surface area contributed by atoms with Crippen LogP contribution < -0.4 is 0 Å². The van der Waals surface area contributed by atoms with Gasteiger partial charge in [-0.05, 0) is 43.1 Å². The first-order valence-electron chi connectivity index (χ1n) is 5.95. The Hall–Kier alpha value is -0.830. The van der Waals surface area contributed by atoms with Crippen LogP contribution in [0.1, 0.15) is 36.4 Å². The SMILES string of the molecule is O=C(C1CCCS1)C1CCc2cccnc21. The summed E-state index contributed by atoms with van der Waals surface area (Å²) in [6.07, 6.45) is 6.08. The van der Waals surface area contributed by atoms with Crippen molar-refractivity contribution in [3.63, 3.8) is 0 Å². The minimum absolute atomic E-state index is 0.0896. The predicted molar refractivity (Wildman–Crippen MR) is 65.8 cm³/mol. The van der Waals surface area contributed by atoms with Crippen molar-refractivity contribution in [3.8, 4) is 0 Å². The molecule has 0 aromatic carbocycles. The number of Topliss-reactive ketones (excluding diaryl/α,β-unsaturated/α-hetero) is 1. The van der Waals surface area contributed by atoms with Crippen molar-refractivity contribution in [1.29, 1.82) is 0 Å². The number of hydrogen-bond acceptors (Lipinski definition) is 3. The van der Waals surface area contributed by atoms with Crippen molar-refractivity contribution in [1.82, 2.24) is 4.98 Å². The third kappa shape index (κ3) is 1.67. The van der Waals surface area contributed by atoms with E-state index >= 15 is 0 Å². The van der Waals surface area contributed by atoms with Gasteiger partial charge in [0.15, 0.2) is 5.78 Å². The molecule has 2 aliphatic rings. The molecule has 84 valence electrons. The van der Waals surface area contributed by atoms with Gasteiger partial charge in [0.2, 0.25) is 0 Å². The number of hydrogen-bond donors (Lipinski definition) is 0. The normalized spacial score (nSPS) is 28.0. The van der Waals surface area contributed by atoms with Crippen molar-refractivity contribution in [2.75, 3.05) is 5.75 Å². The van der Waals surface area contributed by atoms with Gasteiger partial charge < -0.3 is 0 Å². The standard InChI is InChI=1S/C13H15NOS/c15-13(11-4-2-8-16-11)10-6-5-9-3-1-7-14-12(9)10/h1,3,7,10-11H,2,4-6,8H2. The Morgan fingerprint density at radius 1 is 1.44 bits per heavy atom. The molecular formula is C13H15NOS. The second kappa shape index (κ2) is 4.21. The summed E-state index contributed by atoms with van der Waals surface area (Å²) in [4.78, 5) is 16.8. The van der Waals surface area contributed by atoms with E-state index in [1.165, 1.54) is 12.0 Å². The third-order valence-corrected chi connectivity index (χ3v) is 4.94. The molecule has 0 spiro atoms. The lowest BCUT2D eigenvalue weighted by atomic mass is 9.97. The molecule has 1 aliphatic carbocycles. The molecule has 0 radical (unpaired) electrons. The molecule has 2 nitrogen and oxygen atoms in total. The molecule has 3 heteroatoms. The molecule has 0 bridgehead atoms. The Morgan fingerprint density at radius 3 is 3.19 bits per heavy atom. The van der Waals surface area contributed by atoms with Crippen molar-refractivity contribution >= 4 is 17.5 Å². The van der Waals surface area contributed by atoms with Crippen LogP contribution >= 0.6 is 11.8 Å². The second-order valence-corrected chi connectivity index (χ2v) is 5.85. The number of thioether (sulfide) groups is 1. The van der Waals surface area contributed by atoms with Crippen LogP contribution in [0.5, 0.6) is 0 Å². The van der Waals surface area contributed by atoms with E-state index in [1.54, 1.807) is 0 Å². The molecule has 16 heavy (non-hydrogen) atoms. The number of nitrogens with zero attached hydrogens (tertiary/aromatic N) is 1. The summed E-state index contributed by atoms with van der Waals surface area (Å²) < 4.78 is 0. The van der Waals surface area contributed by atoms with Gasteiger partial charge in [0.1, 0.15) is 0 Å². The van der Waals surface area contributed by atoms with Crippen LogP contribution in [-0.4, -0.2) is 21.8 Å². The second-order valence-electron chi connectivity index (χ2n) is 4.54. The molecule has 2 atom stereocenters. The summed E-state index contributed by atoms with van der Waals surface area (Å²) in [5, 5.41) is 0.248. The van der Waals surface area contributed by atoms with E-state index in [9.17, 15) is 4.79 Å². The summed E-state index contributed by atoms with van der Waals surface area (Å²) in [6.45, 7) is 0. The largest absolute Gasteiger partial charge is 0.298 e. The summed E-state index contributed by atoms with van der Waals surface area (Å²) in [6, 6.07) is 4.08. The van der Waals surface area contributed by atoms with Crippen molar-refractivity contribution in [2.45, 2.75) is 36.9 Å². The molecule has 0 amide bonds. The molecule has 1 fully saturated rings. The van der Waals surface area contributed by atoms with Crippen LogP contribution in [0, 0.1) is 0 Å². The Kier molecular flexibility index (Phi) is 2.72. The van der Waals surface area contributed by atoms with Crippen molar-refractivity contribution in [3.05, 3.63) is 29.6 Å². The summed E-state index contributed by atoms with van der Waals surface area (Å²) in [7, 11) is 0. The molecule has 2 heterocycles. The molecule has 1 saturated heterocycles. The third-order valence-electron chi connectivity index (χ3n) is 3.55. The summed E-state index contributed by atoms with van der Waals surface area (Å²) >= 11 is 1.83. The maximum atomic E-state index is 12.3. The molecule has 0 saturated carbocycles. The van der Waals surface area contributed by atoms with Crippen LogP contribution in [0.25, 0.3) is 0 Å². The highest BCUT2D eigenvalue weighted by molar-refractivity contribution is 8.00. The smallest absolute Gasteiger partial charge is 0.154 e. The van der Waals surface area contributed by atoms with Gasteiger partial charge in [-0.3, -0.25) is 9.78 Å². The van der Waals surface area contributed by atoms with Crippen LogP contribution in [-0.2, 0) is 11.2 Å². The molecule has 1 aromatic heterocycles. The van der Waals surface area contributed by atoms with E-state index in [4.69, 9.17) is 0 Å². The van der Waals surface area contributed by atoms with E-state index in [0.717, 1.165) is 30.7 Å². The minimum atomic E-state index is 0.0896. The average molecular weight is 233 g/mol. The van der Waals surface area contributed by atoms with E-state index in [-0.39, 0.29) is 11.2 Å². The van der Waals surface area contributed by atoms with Gasteiger partial charge in [-0.15, -0.1) is 0 Å². The van der Waals surface area contributed by atoms with Gasteiger partial charge in [-0.1, -0.05) is 6.07 Å². The van der Waals surface area contributed by atoms with Gasteiger partial charge in [-0.2, -0.15) is 11.8 Å². The lowest BCUT2D eigenvalue weighted by molar-refractivity contribution is -0.120. The number of carbonyl (C=O) groups is 1. The molecule has 0 N–H and O–H groups in total. The molecule has 1 aromatic rings. The maximum absolute atomic E-state index is 12.3. The van der Waals surface area contributed by atoms with Crippen LogP contribution in [0.3, 0.4) is 0 Å². The highest BCUT2D eigenvalue weighted by Crippen LogP contribution is 2.37. The van der Waals surface area contributed by atoms with Gasteiger partial charge in [0.25, 0.3) is 0 Å². The number of aryl methyl sites for hydroxylation is 1. The Bertz CT molecular complexity index is 412. The molecular weight excluding hydrogens is 218 g/mol. The van der Waals surface area contributed by atoms with Gasteiger partial charge >= 0.3 is 0 Å². The molecule has 1 aliphatic heterocycles. The highest BCUT2D eigenvalue weighted by Gasteiger charge is 2.35. The maximum Gasteiger partial charge on any atom is 0.154 e. The zero-order valence-electron chi connectivity index (χ0n) is 9.19. The Labute approximate surface area is 99.8 Å². The fourth-order valence-electron chi connectivity index (χ4n) is 2.72. The zero-order valence-corrected chi connectivity index (χ0v) is 10.0. The fraction of sp³-hybridized carbons (Fsp3) is 0.538. The first kappa shape index (κ1) is 10.3. The number of carbonyl (C=O) groups excluding carboxylic acids is 1. The number of fused-ring (bicyclic) bond motifs is 1. The van der Waals surface area contributed by atoms with Crippen LogP contribution in [0.4, 0.5) is 0 Å². The summed E-state index contributed by atoms with van der Waals surface area (Å²) in [5.74, 6) is 1.67. The van der Waals surface area contributed by atoms with E-state index < -0.39 is 0 Å². The van der Waals surface area contributed by atoms with Gasteiger partial charge in [-0.25, -0.2) is 0 Å². The lowest BCUT2D eigenvalue weighted by Crippen LogP contribution is -2.21. The first-order chi connectivity index (χ1) is 7.86. The van der Waals surface area contributed by atoms with Gasteiger partial charge in [0.05, 0.1) is 16.9 Å². The molecule has 3 rings (SSSR count). The molecule has 2 unspecified atom stereocenters. The summed E-state index contributed by atoms with van der Waals surface area (Å²) in [5.41, 5.74) is 2.34. The number of rotatable bonds is 2. The van der Waals surface area contributed by atoms with Crippen LogP contribution in [0.2, 0.25) is 0 Å². The quantitative estimate of drug-likeness (QED) is 0.786. The average Bonchev–Trinajstić information content (AvgIpc) is 2.98. The zero-order chi connectivity index (χ0) is 11.0. The minimum Gasteiger partial charge on any atom is -0.298 e. The predicted octanol–water partition coefficient (Wildman–Crippen LogP) is 2.58. The Balaban J connectivity index is 1.84. The topological polar surface area (TPSA) is 30.0 Å².